The van der Waals surface area contributed by atoms with Crippen molar-refractivity contribution in [1.82, 2.24) is 4.90 Å². The third kappa shape index (κ3) is 5.52. The van der Waals surface area contributed by atoms with Gasteiger partial charge in [-0.1, -0.05) is 18.6 Å². The van der Waals surface area contributed by atoms with E-state index in [1.165, 1.54) is 19.2 Å². The summed E-state index contributed by atoms with van der Waals surface area (Å²) in [5, 5.41) is 0. The van der Waals surface area contributed by atoms with Crippen molar-refractivity contribution in [2.24, 2.45) is 5.92 Å². The molecule has 2 aromatic rings. The van der Waals surface area contributed by atoms with Gasteiger partial charge in [-0.05, 0) is 54.8 Å². The molecule has 0 aromatic heterocycles. The van der Waals surface area contributed by atoms with Crippen LogP contribution in [0.25, 0.3) is 0 Å². The molecule has 1 aliphatic carbocycles. The second-order valence-electron chi connectivity index (χ2n) is 7.24. The van der Waals surface area contributed by atoms with Crippen LogP contribution in [0.1, 0.15) is 24.8 Å². The highest BCUT2D eigenvalue weighted by atomic mass is 32.2. The van der Waals surface area contributed by atoms with Gasteiger partial charge in [0.1, 0.15) is 16.4 Å². The zero-order chi connectivity index (χ0) is 21.6. The van der Waals surface area contributed by atoms with Gasteiger partial charge in [0.15, 0.2) is 0 Å². The Labute approximate surface area is 177 Å². The summed E-state index contributed by atoms with van der Waals surface area (Å²) in [6, 6.07) is 12.7. The van der Waals surface area contributed by atoms with Crippen LogP contribution in [0.15, 0.2) is 53.4 Å². The summed E-state index contributed by atoms with van der Waals surface area (Å²) < 4.78 is 40.3. The Morgan fingerprint density at radius 3 is 2.17 bits per heavy atom. The molecule has 0 saturated heterocycles. The lowest BCUT2D eigenvalue weighted by molar-refractivity contribution is -0.139. The Kier molecular flexibility index (Phi) is 7.33. The van der Waals surface area contributed by atoms with Crippen LogP contribution in [-0.2, 0) is 26.2 Å². The molecule has 30 heavy (non-hydrogen) atoms. The minimum absolute atomic E-state index is 0.0456. The van der Waals surface area contributed by atoms with Crippen LogP contribution in [0.3, 0.4) is 0 Å². The van der Waals surface area contributed by atoms with E-state index in [4.69, 9.17) is 13.7 Å². The molecule has 0 spiro atoms. The first kappa shape index (κ1) is 22.1. The van der Waals surface area contributed by atoms with Crippen molar-refractivity contribution in [2.45, 2.75) is 30.7 Å². The molecule has 1 saturated carbocycles. The van der Waals surface area contributed by atoms with Crippen LogP contribution in [0.4, 0.5) is 0 Å². The summed E-state index contributed by atoms with van der Waals surface area (Å²) in [6.07, 6.45) is 2.99. The first-order chi connectivity index (χ1) is 14.4. The van der Waals surface area contributed by atoms with E-state index in [0.29, 0.717) is 25.4 Å². The molecule has 8 heteroatoms. The number of hydrogen-bond acceptors (Lipinski definition) is 6. The van der Waals surface area contributed by atoms with Crippen LogP contribution in [0.2, 0.25) is 0 Å². The van der Waals surface area contributed by atoms with Crippen LogP contribution in [-0.4, -0.2) is 46.6 Å². The Balaban J connectivity index is 1.66. The second kappa shape index (κ2) is 9.95. The molecule has 1 fully saturated rings. The maximum atomic E-state index is 12.7. The van der Waals surface area contributed by atoms with E-state index in [1.54, 1.807) is 48.4 Å². The van der Waals surface area contributed by atoms with Gasteiger partial charge < -0.3 is 18.6 Å². The molecular weight excluding hydrogens is 406 g/mol. The van der Waals surface area contributed by atoms with Gasteiger partial charge in [-0.15, -0.1) is 0 Å². The number of amides is 1. The molecule has 3 rings (SSSR count). The Morgan fingerprint density at radius 2 is 1.63 bits per heavy atom. The van der Waals surface area contributed by atoms with E-state index in [1.807, 2.05) is 0 Å². The summed E-state index contributed by atoms with van der Waals surface area (Å²) in [5.74, 6) is 1.04. The highest BCUT2D eigenvalue weighted by molar-refractivity contribution is 7.87. The molecule has 2 aromatic carbocycles. The molecule has 162 valence electrons. The first-order valence-corrected chi connectivity index (χ1v) is 11.3. The molecule has 1 amide bonds. The second-order valence-corrected chi connectivity index (χ2v) is 8.78. The third-order valence-electron chi connectivity index (χ3n) is 5.18. The molecular formula is C22H27NO6S. The average Bonchev–Trinajstić information content (AvgIpc) is 2.71. The van der Waals surface area contributed by atoms with E-state index < -0.39 is 10.1 Å². The quantitative estimate of drug-likeness (QED) is 0.535. The van der Waals surface area contributed by atoms with Crippen molar-refractivity contribution in [3.05, 3.63) is 54.1 Å². The van der Waals surface area contributed by atoms with Crippen molar-refractivity contribution in [1.29, 1.82) is 0 Å². The molecule has 0 aliphatic heterocycles. The SMILES string of the molecule is COCCN(Cc1ccc(OS(=O)(=O)c2ccc(OC)cc2)cc1)C(=O)C1CCC1. The number of rotatable bonds is 10. The Morgan fingerprint density at radius 1 is 1.00 bits per heavy atom. The lowest BCUT2D eigenvalue weighted by Gasteiger charge is -2.31. The van der Waals surface area contributed by atoms with Gasteiger partial charge in [0.25, 0.3) is 0 Å². The molecule has 7 nitrogen and oxygen atoms in total. The van der Waals surface area contributed by atoms with Crippen LogP contribution in [0, 0.1) is 5.92 Å². The van der Waals surface area contributed by atoms with E-state index in [-0.39, 0.29) is 22.5 Å². The molecule has 0 atom stereocenters. The van der Waals surface area contributed by atoms with Gasteiger partial charge in [0.2, 0.25) is 5.91 Å². The third-order valence-corrected chi connectivity index (χ3v) is 6.44. The van der Waals surface area contributed by atoms with Crippen molar-refractivity contribution in [3.8, 4) is 11.5 Å². The standard InChI is InChI=1S/C22H27NO6S/c1-27-15-14-23(22(24)18-4-3-5-18)16-17-6-8-20(9-7-17)29-30(25,26)21-12-10-19(28-2)11-13-21/h6-13,18H,3-5,14-16H2,1-2H3. The van der Waals surface area contributed by atoms with Gasteiger partial charge in [0, 0.05) is 26.1 Å². The van der Waals surface area contributed by atoms with Gasteiger partial charge in [-0.2, -0.15) is 8.42 Å². The minimum atomic E-state index is -3.94. The number of carbonyl (C=O) groups excluding carboxylic acids is 1. The van der Waals surface area contributed by atoms with Gasteiger partial charge in [0.05, 0.1) is 13.7 Å². The van der Waals surface area contributed by atoms with Gasteiger partial charge in [-0.25, -0.2) is 0 Å². The summed E-state index contributed by atoms with van der Waals surface area (Å²) in [6.45, 7) is 1.44. The maximum Gasteiger partial charge on any atom is 0.339 e. The summed E-state index contributed by atoms with van der Waals surface area (Å²) in [7, 11) is -0.819. The van der Waals surface area contributed by atoms with Crippen molar-refractivity contribution in [2.75, 3.05) is 27.4 Å². The van der Waals surface area contributed by atoms with Crippen LogP contribution in [0.5, 0.6) is 11.5 Å². The molecule has 0 unspecified atom stereocenters. The smallest absolute Gasteiger partial charge is 0.339 e. The molecule has 1 aliphatic rings. The predicted octanol–water partition coefficient (Wildman–Crippen LogP) is 3.24. The fraction of sp³-hybridized carbons (Fsp3) is 0.409. The summed E-state index contributed by atoms with van der Waals surface area (Å²) >= 11 is 0. The zero-order valence-electron chi connectivity index (χ0n) is 17.2. The van der Waals surface area contributed by atoms with Crippen molar-refractivity contribution < 1.29 is 26.9 Å². The van der Waals surface area contributed by atoms with Crippen LogP contribution < -0.4 is 8.92 Å². The van der Waals surface area contributed by atoms with Crippen molar-refractivity contribution >= 4 is 16.0 Å². The van der Waals surface area contributed by atoms with Gasteiger partial charge >= 0.3 is 10.1 Å². The van der Waals surface area contributed by atoms with Crippen molar-refractivity contribution in [3.63, 3.8) is 0 Å². The number of methoxy groups -OCH3 is 2. The molecule has 0 bridgehead atoms. The highest BCUT2D eigenvalue weighted by Crippen LogP contribution is 2.29. The number of hydrogen-bond donors (Lipinski definition) is 0. The summed E-state index contributed by atoms with van der Waals surface area (Å²) in [5.41, 5.74) is 0.896. The largest absolute Gasteiger partial charge is 0.497 e. The number of carbonyl (C=O) groups is 1. The highest BCUT2D eigenvalue weighted by Gasteiger charge is 2.29. The van der Waals surface area contributed by atoms with E-state index in [0.717, 1.165) is 24.8 Å². The van der Waals surface area contributed by atoms with Crippen LogP contribution >= 0.6 is 0 Å². The zero-order valence-corrected chi connectivity index (χ0v) is 18.1. The van der Waals surface area contributed by atoms with E-state index in [2.05, 4.69) is 0 Å². The topological polar surface area (TPSA) is 82.1 Å². The normalized spacial score (nSPS) is 14.1. The molecule has 0 heterocycles. The lowest BCUT2D eigenvalue weighted by atomic mass is 9.84. The fourth-order valence-electron chi connectivity index (χ4n) is 3.17. The monoisotopic (exact) mass is 433 g/mol. The number of ether oxygens (including phenoxy) is 2. The average molecular weight is 434 g/mol. The Bertz CT molecular complexity index is 937. The van der Waals surface area contributed by atoms with Gasteiger partial charge in [-0.3, -0.25) is 4.79 Å². The fourth-order valence-corrected chi connectivity index (χ4v) is 4.10. The first-order valence-electron chi connectivity index (χ1n) is 9.88. The predicted molar refractivity (Wildman–Crippen MR) is 112 cm³/mol. The maximum absolute atomic E-state index is 12.7. The Hall–Kier alpha value is -2.58. The van der Waals surface area contributed by atoms with E-state index >= 15 is 0 Å². The minimum Gasteiger partial charge on any atom is -0.497 e. The number of nitrogens with zero attached hydrogens (tertiary/aromatic N) is 1. The van der Waals surface area contributed by atoms with E-state index in [9.17, 15) is 13.2 Å². The number of benzene rings is 2. The summed E-state index contributed by atoms with van der Waals surface area (Å²) in [4.78, 5) is 14.5. The lowest BCUT2D eigenvalue weighted by Crippen LogP contribution is -2.40. The molecule has 0 radical (unpaired) electrons. The molecule has 0 N–H and O–H groups in total.